The predicted octanol–water partition coefficient (Wildman–Crippen LogP) is 0.475. The summed E-state index contributed by atoms with van der Waals surface area (Å²) in [7, 11) is 1.92. The van der Waals surface area contributed by atoms with Crippen LogP contribution in [0.15, 0.2) is 6.33 Å². The summed E-state index contributed by atoms with van der Waals surface area (Å²) in [6, 6.07) is 0.253. The summed E-state index contributed by atoms with van der Waals surface area (Å²) in [4.78, 5) is 4.25. The molecule has 90 valence electrons. The fraction of sp³-hybridized carbons (Fsp3) is 0.800. The van der Waals surface area contributed by atoms with Crippen LogP contribution in [0.5, 0.6) is 0 Å². The van der Waals surface area contributed by atoms with Crippen LogP contribution in [-0.2, 0) is 13.5 Å². The maximum Gasteiger partial charge on any atom is 0.138 e. The van der Waals surface area contributed by atoms with Crippen LogP contribution < -0.4 is 11.3 Å². The van der Waals surface area contributed by atoms with Crippen LogP contribution >= 0.6 is 11.8 Å². The zero-order valence-corrected chi connectivity index (χ0v) is 10.6. The minimum atomic E-state index is 0.223. The molecule has 0 bridgehead atoms. The lowest BCUT2D eigenvalue weighted by molar-refractivity contribution is 0.395. The monoisotopic (exact) mass is 241 g/mol. The molecule has 0 amide bonds. The van der Waals surface area contributed by atoms with Crippen LogP contribution in [0.2, 0.25) is 0 Å². The molecule has 3 N–H and O–H groups in total. The molecular formula is C10H19N5S. The normalized spacial score (nSPS) is 27.2. The third-order valence-electron chi connectivity index (χ3n) is 3.38. The second-order valence-corrected chi connectivity index (χ2v) is 6.12. The van der Waals surface area contributed by atoms with Crippen molar-refractivity contribution in [3.63, 3.8) is 0 Å². The number of rotatable bonds is 4. The summed E-state index contributed by atoms with van der Waals surface area (Å²) in [5.41, 5.74) is 2.95. The van der Waals surface area contributed by atoms with Crippen LogP contribution in [0.25, 0.3) is 0 Å². The van der Waals surface area contributed by atoms with Crippen molar-refractivity contribution in [1.29, 1.82) is 0 Å². The minimum Gasteiger partial charge on any atom is -0.271 e. The highest BCUT2D eigenvalue weighted by molar-refractivity contribution is 8.00. The molecule has 2 rings (SSSR count). The molecule has 1 aliphatic rings. The van der Waals surface area contributed by atoms with Crippen molar-refractivity contribution in [3.8, 4) is 0 Å². The Morgan fingerprint density at radius 2 is 2.56 bits per heavy atom. The molecule has 1 fully saturated rings. The van der Waals surface area contributed by atoms with E-state index < -0.39 is 0 Å². The number of hydrazine groups is 1. The number of nitrogens with two attached hydrogens (primary N) is 1. The van der Waals surface area contributed by atoms with Gasteiger partial charge in [-0.05, 0) is 25.5 Å². The summed E-state index contributed by atoms with van der Waals surface area (Å²) in [5.74, 6) is 7.90. The Hall–Kier alpha value is -0.590. The molecule has 1 saturated heterocycles. The zero-order chi connectivity index (χ0) is 11.6. The van der Waals surface area contributed by atoms with Gasteiger partial charge in [0, 0.05) is 24.3 Å². The molecule has 2 atom stereocenters. The molecule has 2 unspecified atom stereocenters. The van der Waals surface area contributed by atoms with Gasteiger partial charge in [0.15, 0.2) is 0 Å². The maximum absolute atomic E-state index is 5.68. The minimum absolute atomic E-state index is 0.223. The molecule has 0 radical (unpaired) electrons. The lowest BCUT2D eigenvalue weighted by Gasteiger charge is -2.32. The average Bonchev–Trinajstić information content (AvgIpc) is 2.85. The van der Waals surface area contributed by atoms with Crippen LogP contribution in [0.3, 0.4) is 0 Å². The van der Waals surface area contributed by atoms with Gasteiger partial charge >= 0.3 is 0 Å². The predicted molar refractivity (Wildman–Crippen MR) is 65.9 cm³/mol. The van der Waals surface area contributed by atoms with E-state index in [0.29, 0.717) is 0 Å². The van der Waals surface area contributed by atoms with Gasteiger partial charge in [0.1, 0.15) is 12.2 Å². The first kappa shape index (κ1) is 11.9. The highest BCUT2D eigenvalue weighted by Crippen LogP contribution is 2.40. The summed E-state index contributed by atoms with van der Waals surface area (Å²) in [6.07, 6.45) is 4.91. The summed E-state index contributed by atoms with van der Waals surface area (Å²) < 4.78 is 2.04. The van der Waals surface area contributed by atoms with E-state index in [-0.39, 0.29) is 10.8 Å². The third-order valence-corrected chi connectivity index (χ3v) is 5.02. The molecule has 5 nitrogen and oxygen atoms in total. The van der Waals surface area contributed by atoms with Gasteiger partial charge in [0.25, 0.3) is 0 Å². The van der Waals surface area contributed by atoms with Crippen LogP contribution in [0.1, 0.15) is 25.6 Å². The van der Waals surface area contributed by atoms with Crippen molar-refractivity contribution < 1.29 is 0 Å². The Labute approximate surface area is 100 Å². The second-order valence-electron chi connectivity index (χ2n) is 4.49. The fourth-order valence-corrected chi connectivity index (χ4v) is 3.61. The largest absolute Gasteiger partial charge is 0.271 e. The summed E-state index contributed by atoms with van der Waals surface area (Å²) in [5, 5.41) is 4.08. The molecule has 16 heavy (non-hydrogen) atoms. The molecule has 6 heteroatoms. The number of hydrogen-bond acceptors (Lipinski definition) is 5. The Kier molecular flexibility index (Phi) is 3.51. The van der Waals surface area contributed by atoms with Crippen LogP contribution in [0.4, 0.5) is 0 Å². The smallest absolute Gasteiger partial charge is 0.138 e. The summed E-state index contributed by atoms with van der Waals surface area (Å²) >= 11 is 2.01. The van der Waals surface area contributed by atoms with Crippen LogP contribution in [-0.4, -0.2) is 31.3 Å². The van der Waals surface area contributed by atoms with Gasteiger partial charge in [-0.3, -0.25) is 16.0 Å². The van der Waals surface area contributed by atoms with Crippen molar-refractivity contribution in [2.75, 3.05) is 5.75 Å². The van der Waals surface area contributed by atoms with Gasteiger partial charge in [0.05, 0.1) is 0 Å². The van der Waals surface area contributed by atoms with E-state index in [1.807, 2.05) is 23.5 Å². The van der Waals surface area contributed by atoms with E-state index in [1.54, 1.807) is 6.33 Å². The molecular weight excluding hydrogens is 222 g/mol. The molecule has 1 aliphatic heterocycles. The van der Waals surface area contributed by atoms with E-state index in [2.05, 4.69) is 22.4 Å². The number of thioether (sulfide) groups is 1. The van der Waals surface area contributed by atoms with Gasteiger partial charge in [-0.2, -0.15) is 16.9 Å². The Morgan fingerprint density at radius 1 is 1.75 bits per heavy atom. The first-order chi connectivity index (χ1) is 7.65. The van der Waals surface area contributed by atoms with E-state index in [4.69, 9.17) is 5.84 Å². The molecule has 0 aromatic carbocycles. The SMILES string of the molecule is Cn1ncnc1CC(NN)C1(C)CCCS1. The lowest BCUT2D eigenvalue weighted by Crippen LogP contribution is -2.50. The van der Waals surface area contributed by atoms with E-state index in [0.717, 1.165) is 12.2 Å². The standard InChI is InChI=1S/C10H19N5S/c1-10(4-3-5-16-10)8(14-11)6-9-12-7-13-15(9)2/h7-8,14H,3-6,11H2,1-2H3. The third kappa shape index (κ3) is 2.23. The zero-order valence-electron chi connectivity index (χ0n) is 9.81. The average molecular weight is 241 g/mol. The van der Waals surface area contributed by atoms with Crippen molar-refractivity contribution in [2.24, 2.45) is 12.9 Å². The molecule has 1 aromatic rings. The maximum atomic E-state index is 5.68. The van der Waals surface area contributed by atoms with Gasteiger partial charge in [-0.25, -0.2) is 4.98 Å². The Balaban J connectivity index is 2.08. The van der Waals surface area contributed by atoms with Crippen molar-refractivity contribution in [1.82, 2.24) is 20.2 Å². The first-order valence-electron chi connectivity index (χ1n) is 5.59. The number of aryl methyl sites for hydroxylation is 1. The van der Waals surface area contributed by atoms with Gasteiger partial charge < -0.3 is 0 Å². The number of nitrogens with one attached hydrogen (secondary N) is 1. The van der Waals surface area contributed by atoms with Crippen molar-refractivity contribution >= 4 is 11.8 Å². The Morgan fingerprint density at radius 3 is 3.06 bits per heavy atom. The number of aromatic nitrogens is 3. The lowest BCUT2D eigenvalue weighted by atomic mass is 9.94. The highest BCUT2D eigenvalue weighted by Gasteiger charge is 2.37. The quantitative estimate of drug-likeness (QED) is 0.592. The fourth-order valence-electron chi connectivity index (χ4n) is 2.21. The molecule has 2 heterocycles. The van der Waals surface area contributed by atoms with Gasteiger partial charge in [0.2, 0.25) is 0 Å². The Bertz CT molecular complexity index is 345. The van der Waals surface area contributed by atoms with Gasteiger partial charge in [-0.15, -0.1) is 0 Å². The number of nitrogens with zero attached hydrogens (tertiary/aromatic N) is 3. The first-order valence-corrected chi connectivity index (χ1v) is 6.57. The van der Waals surface area contributed by atoms with E-state index >= 15 is 0 Å². The van der Waals surface area contributed by atoms with Gasteiger partial charge in [-0.1, -0.05) is 0 Å². The number of hydrogen-bond donors (Lipinski definition) is 2. The molecule has 0 aliphatic carbocycles. The molecule has 0 saturated carbocycles. The summed E-state index contributed by atoms with van der Waals surface area (Å²) in [6.45, 7) is 2.28. The highest BCUT2D eigenvalue weighted by atomic mass is 32.2. The van der Waals surface area contributed by atoms with Crippen molar-refractivity contribution in [3.05, 3.63) is 12.2 Å². The topological polar surface area (TPSA) is 68.8 Å². The van der Waals surface area contributed by atoms with Crippen LogP contribution in [0, 0.1) is 0 Å². The van der Waals surface area contributed by atoms with E-state index in [9.17, 15) is 0 Å². The second kappa shape index (κ2) is 4.73. The van der Waals surface area contributed by atoms with Crippen molar-refractivity contribution in [2.45, 2.75) is 37.0 Å². The van der Waals surface area contributed by atoms with E-state index in [1.165, 1.54) is 18.6 Å². The molecule has 1 aromatic heterocycles. The molecule has 0 spiro atoms.